The lowest BCUT2D eigenvalue weighted by Crippen LogP contribution is -2.43. The summed E-state index contributed by atoms with van der Waals surface area (Å²) >= 11 is 0. The van der Waals surface area contributed by atoms with E-state index >= 15 is 0 Å². The summed E-state index contributed by atoms with van der Waals surface area (Å²) in [6, 6.07) is 6.80. The molecule has 0 radical (unpaired) electrons. The van der Waals surface area contributed by atoms with Crippen molar-refractivity contribution in [2.45, 2.75) is 23.8 Å². The molecule has 1 saturated heterocycles. The normalized spacial score (nSPS) is 18.0. The predicted octanol–water partition coefficient (Wildman–Crippen LogP) is 2.28. The Morgan fingerprint density at radius 1 is 1.00 bits per heavy atom. The molecule has 1 atom stereocenters. The van der Waals surface area contributed by atoms with E-state index in [1.807, 2.05) is 0 Å². The summed E-state index contributed by atoms with van der Waals surface area (Å²) in [6.45, 7) is 0.999. The number of carbonyl (C=O) groups is 1. The molecular formula is C22H26N2O8S. The Bertz CT molecular complexity index is 1130. The van der Waals surface area contributed by atoms with E-state index in [9.17, 15) is 13.2 Å². The summed E-state index contributed by atoms with van der Waals surface area (Å²) in [5, 5.41) is 2.78. The molecule has 1 fully saturated rings. The van der Waals surface area contributed by atoms with Crippen LogP contribution in [0.25, 0.3) is 0 Å². The molecule has 2 aliphatic heterocycles. The van der Waals surface area contributed by atoms with E-state index in [1.165, 1.54) is 37.8 Å². The highest BCUT2D eigenvalue weighted by molar-refractivity contribution is 7.89. The van der Waals surface area contributed by atoms with Gasteiger partial charge < -0.3 is 29.0 Å². The Morgan fingerprint density at radius 3 is 2.30 bits per heavy atom. The van der Waals surface area contributed by atoms with Crippen LogP contribution < -0.4 is 29.0 Å². The maximum Gasteiger partial charge on any atom is 0.243 e. The third-order valence-corrected chi connectivity index (χ3v) is 7.46. The zero-order chi connectivity index (χ0) is 23.6. The van der Waals surface area contributed by atoms with Crippen molar-refractivity contribution < 1.29 is 36.9 Å². The maximum absolute atomic E-state index is 13.4. The number of nitrogens with zero attached hydrogens (tertiary/aromatic N) is 1. The average Bonchev–Trinajstić information content (AvgIpc) is 3.34. The van der Waals surface area contributed by atoms with E-state index in [4.69, 9.17) is 23.7 Å². The topological polar surface area (TPSA) is 113 Å². The maximum atomic E-state index is 13.4. The van der Waals surface area contributed by atoms with E-state index in [1.54, 1.807) is 18.2 Å². The van der Waals surface area contributed by atoms with Gasteiger partial charge in [-0.3, -0.25) is 4.79 Å². The van der Waals surface area contributed by atoms with Crippen LogP contribution in [0.15, 0.2) is 35.2 Å². The molecule has 1 amide bonds. The molecule has 178 valence electrons. The number of rotatable bonds is 7. The van der Waals surface area contributed by atoms with E-state index in [-0.39, 0.29) is 11.4 Å². The summed E-state index contributed by atoms with van der Waals surface area (Å²) in [4.78, 5) is 13.2. The number of amides is 1. The average molecular weight is 479 g/mol. The predicted molar refractivity (Wildman–Crippen MR) is 119 cm³/mol. The number of fused-ring (bicyclic) bond motifs is 1. The van der Waals surface area contributed by atoms with Crippen LogP contribution >= 0.6 is 0 Å². The number of ether oxygens (including phenoxy) is 5. The summed E-state index contributed by atoms with van der Waals surface area (Å²) in [5.74, 6) is 1.57. The van der Waals surface area contributed by atoms with Crippen molar-refractivity contribution in [2.75, 3.05) is 46.4 Å². The molecular weight excluding hydrogens is 452 g/mol. The van der Waals surface area contributed by atoms with Crippen LogP contribution in [0.4, 0.5) is 5.69 Å². The molecule has 0 aliphatic carbocycles. The highest BCUT2D eigenvalue weighted by Gasteiger charge is 2.40. The second-order valence-corrected chi connectivity index (χ2v) is 9.37. The highest BCUT2D eigenvalue weighted by atomic mass is 32.2. The van der Waals surface area contributed by atoms with Crippen LogP contribution in [0.5, 0.6) is 28.7 Å². The van der Waals surface area contributed by atoms with Crippen molar-refractivity contribution >= 4 is 21.6 Å². The molecule has 4 rings (SSSR count). The summed E-state index contributed by atoms with van der Waals surface area (Å²) in [5.41, 5.74) is 0.401. The van der Waals surface area contributed by atoms with Crippen molar-refractivity contribution in [3.05, 3.63) is 30.3 Å². The number of hydrogen-bond donors (Lipinski definition) is 1. The molecule has 2 aromatic rings. The van der Waals surface area contributed by atoms with Gasteiger partial charge >= 0.3 is 0 Å². The van der Waals surface area contributed by atoms with Crippen molar-refractivity contribution in [1.29, 1.82) is 0 Å². The smallest absolute Gasteiger partial charge is 0.243 e. The lowest BCUT2D eigenvalue weighted by atomic mass is 10.2. The molecule has 0 saturated carbocycles. The number of nitrogens with one attached hydrogen (secondary N) is 1. The molecule has 0 aromatic heterocycles. The van der Waals surface area contributed by atoms with Crippen LogP contribution in [-0.2, 0) is 14.8 Å². The number of methoxy groups -OCH3 is 3. The van der Waals surface area contributed by atoms with Gasteiger partial charge in [-0.2, -0.15) is 4.31 Å². The standard InChI is InChI=1S/C22H26N2O8S/c1-28-19-11-14(12-20(29-2)21(19)30-3)23-22(25)16-5-4-8-24(16)33(26,27)15-6-7-17-18(13-15)32-10-9-31-17/h6-7,11-13,16H,4-5,8-10H2,1-3H3,(H,23,25). The first kappa shape index (κ1) is 23.0. The lowest BCUT2D eigenvalue weighted by molar-refractivity contribution is -0.119. The number of anilines is 1. The van der Waals surface area contributed by atoms with Gasteiger partial charge in [-0.05, 0) is 25.0 Å². The summed E-state index contributed by atoms with van der Waals surface area (Å²) in [7, 11) is 0.504. The monoisotopic (exact) mass is 478 g/mol. The van der Waals surface area contributed by atoms with E-state index in [2.05, 4.69) is 5.32 Å². The first-order chi connectivity index (χ1) is 15.9. The van der Waals surface area contributed by atoms with Crippen LogP contribution in [0.2, 0.25) is 0 Å². The quantitative estimate of drug-likeness (QED) is 0.645. The third-order valence-electron chi connectivity index (χ3n) is 5.56. The first-order valence-electron chi connectivity index (χ1n) is 10.4. The minimum absolute atomic E-state index is 0.0548. The van der Waals surface area contributed by atoms with Gasteiger partial charge in [-0.25, -0.2) is 8.42 Å². The molecule has 2 aromatic carbocycles. The Hall–Kier alpha value is -3.18. The van der Waals surface area contributed by atoms with Crippen LogP contribution in [0.1, 0.15) is 12.8 Å². The fourth-order valence-electron chi connectivity index (χ4n) is 3.99. The minimum Gasteiger partial charge on any atom is -0.493 e. The fourth-order valence-corrected chi connectivity index (χ4v) is 5.66. The zero-order valence-electron chi connectivity index (χ0n) is 18.6. The van der Waals surface area contributed by atoms with Crippen LogP contribution in [0, 0.1) is 0 Å². The first-order valence-corrected chi connectivity index (χ1v) is 11.9. The van der Waals surface area contributed by atoms with Crippen molar-refractivity contribution in [1.82, 2.24) is 4.31 Å². The van der Waals surface area contributed by atoms with Gasteiger partial charge in [0.15, 0.2) is 23.0 Å². The largest absolute Gasteiger partial charge is 0.493 e. The summed E-state index contributed by atoms with van der Waals surface area (Å²) in [6.07, 6.45) is 0.969. The van der Waals surface area contributed by atoms with Gasteiger partial charge in [-0.1, -0.05) is 0 Å². The van der Waals surface area contributed by atoms with Gasteiger partial charge in [0.2, 0.25) is 21.7 Å². The van der Waals surface area contributed by atoms with Crippen molar-refractivity contribution in [3.8, 4) is 28.7 Å². The summed E-state index contributed by atoms with van der Waals surface area (Å²) < 4.78 is 54.9. The zero-order valence-corrected chi connectivity index (χ0v) is 19.4. The molecule has 2 heterocycles. The van der Waals surface area contributed by atoms with Crippen LogP contribution in [0.3, 0.4) is 0 Å². The Morgan fingerprint density at radius 2 is 1.67 bits per heavy atom. The molecule has 0 spiro atoms. The molecule has 11 heteroatoms. The minimum atomic E-state index is -3.93. The molecule has 2 aliphatic rings. The fraction of sp³-hybridized carbons (Fsp3) is 0.409. The SMILES string of the molecule is COc1cc(NC(=O)C2CCCN2S(=O)(=O)c2ccc3c(c2)OCCO3)cc(OC)c1OC. The number of hydrogen-bond acceptors (Lipinski definition) is 8. The van der Waals surface area contributed by atoms with Gasteiger partial charge in [0.25, 0.3) is 0 Å². The van der Waals surface area contributed by atoms with Gasteiger partial charge in [-0.15, -0.1) is 0 Å². The number of carbonyl (C=O) groups excluding carboxylic acids is 1. The third kappa shape index (κ3) is 4.38. The highest BCUT2D eigenvalue weighted by Crippen LogP contribution is 2.40. The van der Waals surface area contributed by atoms with Gasteiger partial charge in [0.05, 0.1) is 26.2 Å². The molecule has 10 nitrogen and oxygen atoms in total. The molecule has 33 heavy (non-hydrogen) atoms. The van der Waals surface area contributed by atoms with E-state index < -0.39 is 22.0 Å². The number of benzene rings is 2. The molecule has 0 bridgehead atoms. The Labute approximate surface area is 192 Å². The van der Waals surface area contributed by atoms with Gasteiger partial charge in [0.1, 0.15) is 19.3 Å². The van der Waals surface area contributed by atoms with E-state index in [0.29, 0.717) is 60.5 Å². The second-order valence-electron chi connectivity index (χ2n) is 7.48. The van der Waals surface area contributed by atoms with E-state index in [0.717, 1.165) is 0 Å². The Kier molecular flexibility index (Phi) is 6.52. The Balaban J connectivity index is 1.58. The molecule has 1 N–H and O–H groups in total. The lowest BCUT2D eigenvalue weighted by Gasteiger charge is -2.25. The van der Waals surface area contributed by atoms with Gasteiger partial charge in [0, 0.05) is 30.4 Å². The van der Waals surface area contributed by atoms with Crippen molar-refractivity contribution in [3.63, 3.8) is 0 Å². The van der Waals surface area contributed by atoms with Crippen LogP contribution in [-0.4, -0.2) is 65.8 Å². The number of sulfonamides is 1. The molecule has 1 unspecified atom stereocenters. The second kappa shape index (κ2) is 9.36. The van der Waals surface area contributed by atoms with Crippen molar-refractivity contribution in [2.24, 2.45) is 0 Å².